The predicted molar refractivity (Wildman–Crippen MR) is 65.7 cm³/mol. The molecule has 0 fully saturated rings. The van der Waals surface area contributed by atoms with E-state index in [0.717, 1.165) is 13.1 Å². The molecule has 0 atom stereocenters. The van der Waals surface area contributed by atoms with Gasteiger partial charge in [-0.1, -0.05) is 19.1 Å². The molecule has 2 nitrogen and oxygen atoms in total. The van der Waals surface area contributed by atoms with Gasteiger partial charge < -0.3 is 0 Å². The largest absolute Gasteiger partial charge is 0.287 e. The topological polar surface area (TPSA) is 27.0 Å². The summed E-state index contributed by atoms with van der Waals surface area (Å²) in [6.45, 7) is 4.35. The van der Waals surface area contributed by atoms with Crippen molar-refractivity contribution in [3.63, 3.8) is 0 Å². The van der Waals surface area contributed by atoms with E-state index in [0.29, 0.717) is 6.54 Å². The van der Waals surface area contributed by atoms with Crippen LogP contribution >= 0.6 is 22.6 Å². The fraction of sp³-hybridized carbons (Fsp3) is 0.364. The van der Waals surface area contributed by atoms with Crippen LogP contribution in [0.2, 0.25) is 0 Å². The normalized spacial score (nSPS) is 10.1. The van der Waals surface area contributed by atoms with Crippen molar-refractivity contribution >= 4 is 22.6 Å². The maximum absolute atomic E-state index is 8.60. The van der Waals surface area contributed by atoms with Crippen molar-refractivity contribution in [2.24, 2.45) is 0 Å². The molecule has 1 aromatic rings. The summed E-state index contributed by atoms with van der Waals surface area (Å²) in [5.41, 5.74) is 1.27. The second kappa shape index (κ2) is 5.99. The molecule has 1 aromatic carbocycles. The Hall–Kier alpha value is -0.600. The molecule has 1 rings (SSSR count). The predicted octanol–water partition coefficient (Wildman–Crippen LogP) is 2.64. The summed E-state index contributed by atoms with van der Waals surface area (Å²) in [7, 11) is 0. The first-order chi connectivity index (χ1) is 6.76. The number of nitriles is 1. The van der Waals surface area contributed by atoms with E-state index in [1.807, 2.05) is 0 Å². The summed E-state index contributed by atoms with van der Waals surface area (Å²) in [4.78, 5) is 2.11. The monoisotopic (exact) mass is 300 g/mol. The molecule has 0 aliphatic heterocycles. The van der Waals surface area contributed by atoms with Crippen LogP contribution in [0.4, 0.5) is 0 Å². The Balaban J connectivity index is 2.59. The lowest BCUT2D eigenvalue weighted by molar-refractivity contribution is 0.315. The summed E-state index contributed by atoms with van der Waals surface area (Å²) in [6, 6.07) is 10.6. The van der Waals surface area contributed by atoms with Gasteiger partial charge in [0.2, 0.25) is 0 Å². The van der Waals surface area contributed by atoms with Gasteiger partial charge in [-0.05, 0) is 46.8 Å². The highest BCUT2D eigenvalue weighted by Gasteiger charge is 2.01. The minimum Gasteiger partial charge on any atom is -0.287 e. The summed E-state index contributed by atoms with van der Waals surface area (Å²) in [6.07, 6.45) is 0. The molecule has 0 saturated carbocycles. The van der Waals surface area contributed by atoms with Gasteiger partial charge in [0.05, 0.1) is 12.6 Å². The van der Waals surface area contributed by atoms with Gasteiger partial charge in [-0.15, -0.1) is 0 Å². The van der Waals surface area contributed by atoms with Crippen molar-refractivity contribution in [2.45, 2.75) is 13.5 Å². The van der Waals surface area contributed by atoms with E-state index in [2.05, 4.69) is 64.7 Å². The van der Waals surface area contributed by atoms with Crippen LogP contribution in [-0.2, 0) is 6.54 Å². The average Bonchev–Trinajstić information content (AvgIpc) is 2.20. The third kappa shape index (κ3) is 3.64. The first kappa shape index (κ1) is 11.5. The average molecular weight is 300 g/mol. The van der Waals surface area contributed by atoms with Crippen LogP contribution in [0.3, 0.4) is 0 Å². The lowest BCUT2D eigenvalue weighted by Crippen LogP contribution is -2.22. The van der Waals surface area contributed by atoms with E-state index in [1.54, 1.807) is 0 Å². The Morgan fingerprint density at radius 2 is 2.00 bits per heavy atom. The molecule has 0 spiro atoms. The van der Waals surface area contributed by atoms with Crippen molar-refractivity contribution < 1.29 is 0 Å². The second-order valence-corrected chi connectivity index (χ2v) is 4.33. The molecular weight excluding hydrogens is 287 g/mol. The van der Waals surface area contributed by atoms with Crippen LogP contribution in [0.1, 0.15) is 12.5 Å². The zero-order valence-corrected chi connectivity index (χ0v) is 10.4. The number of hydrogen-bond donors (Lipinski definition) is 0. The number of rotatable bonds is 4. The SMILES string of the molecule is CCN(CC#N)Cc1ccc(I)cc1. The third-order valence-electron chi connectivity index (χ3n) is 2.06. The van der Waals surface area contributed by atoms with Crippen molar-refractivity contribution in [3.05, 3.63) is 33.4 Å². The summed E-state index contributed by atoms with van der Waals surface area (Å²) in [5, 5.41) is 8.60. The highest BCUT2D eigenvalue weighted by Crippen LogP contribution is 2.08. The molecule has 0 heterocycles. The Morgan fingerprint density at radius 3 is 2.50 bits per heavy atom. The van der Waals surface area contributed by atoms with Gasteiger partial charge in [0.1, 0.15) is 0 Å². The van der Waals surface area contributed by atoms with E-state index < -0.39 is 0 Å². The van der Waals surface area contributed by atoms with E-state index in [1.165, 1.54) is 9.13 Å². The molecular formula is C11H13IN2. The van der Waals surface area contributed by atoms with Crippen LogP contribution in [0, 0.1) is 14.9 Å². The second-order valence-electron chi connectivity index (χ2n) is 3.09. The first-order valence-electron chi connectivity index (χ1n) is 4.60. The molecule has 0 radical (unpaired) electrons. The number of hydrogen-bond acceptors (Lipinski definition) is 2. The minimum absolute atomic E-state index is 0.502. The smallest absolute Gasteiger partial charge is 0.0868 e. The summed E-state index contributed by atoms with van der Waals surface area (Å²) in [5.74, 6) is 0. The Kier molecular flexibility index (Phi) is 4.91. The van der Waals surface area contributed by atoms with E-state index in [4.69, 9.17) is 5.26 Å². The number of halogens is 1. The van der Waals surface area contributed by atoms with E-state index >= 15 is 0 Å². The maximum atomic E-state index is 8.60. The molecule has 0 saturated heterocycles. The van der Waals surface area contributed by atoms with Gasteiger partial charge >= 0.3 is 0 Å². The van der Waals surface area contributed by atoms with Gasteiger partial charge in [-0.2, -0.15) is 5.26 Å². The molecule has 74 valence electrons. The Labute approximate surface area is 98.7 Å². The zero-order chi connectivity index (χ0) is 10.4. The summed E-state index contributed by atoms with van der Waals surface area (Å²) >= 11 is 2.29. The van der Waals surface area contributed by atoms with Gasteiger partial charge in [-0.3, -0.25) is 4.90 Å². The third-order valence-corrected chi connectivity index (χ3v) is 2.78. The maximum Gasteiger partial charge on any atom is 0.0868 e. The zero-order valence-electron chi connectivity index (χ0n) is 8.20. The first-order valence-corrected chi connectivity index (χ1v) is 5.68. The molecule has 0 bridgehead atoms. The minimum atomic E-state index is 0.502. The molecule has 14 heavy (non-hydrogen) atoms. The molecule has 0 aliphatic rings. The highest BCUT2D eigenvalue weighted by atomic mass is 127. The van der Waals surface area contributed by atoms with Gasteiger partial charge in [0, 0.05) is 10.1 Å². The van der Waals surface area contributed by atoms with Crippen LogP contribution in [0.15, 0.2) is 24.3 Å². The van der Waals surface area contributed by atoms with Crippen LogP contribution in [-0.4, -0.2) is 18.0 Å². The van der Waals surface area contributed by atoms with E-state index in [9.17, 15) is 0 Å². The molecule has 0 amide bonds. The van der Waals surface area contributed by atoms with Crippen LogP contribution in [0.25, 0.3) is 0 Å². The molecule has 0 aliphatic carbocycles. The fourth-order valence-corrected chi connectivity index (χ4v) is 1.59. The van der Waals surface area contributed by atoms with Crippen molar-refractivity contribution in [1.82, 2.24) is 4.90 Å². The quantitative estimate of drug-likeness (QED) is 0.631. The lowest BCUT2D eigenvalue weighted by Gasteiger charge is -2.16. The Bertz CT molecular complexity index is 313. The van der Waals surface area contributed by atoms with Gasteiger partial charge in [0.15, 0.2) is 0 Å². The van der Waals surface area contributed by atoms with E-state index in [-0.39, 0.29) is 0 Å². The number of benzene rings is 1. The lowest BCUT2D eigenvalue weighted by atomic mass is 10.2. The molecule has 0 N–H and O–H groups in total. The molecule has 0 aromatic heterocycles. The van der Waals surface area contributed by atoms with Crippen LogP contribution in [0.5, 0.6) is 0 Å². The molecule has 3 heteroatoms. The van der Waals surface area contributed by atoms with Crippen molar-refractivity contribution in [2.75, 3.05) is 13.1 Å². The van der Waals surface area contributed by atoms with Crippen molar-refractivity contribution in [3.8, 4) is 6.07 Å². The van der Waals surface area contributed by atoms with Gasteiger partial charge in [-0.25, -0.2) is 0 Å². The van der Waals surface area contributed by atoms with Gasteiger partial charge in [0.25, 0.3) is 0 Å². The standard InChI is InChI=1S/C11H13IN2/c1-2-14(8-7-13)9-10-3-5-11(12)6-4-10/h3-6H,2,8-9H2,1H3. The highest BCUT2D eigenvalue weighted by molar-refractivity contribution is 14.1. The number of nitrogens with zero attached hydrogens (tertiary/aromatic N) is 2. The summed E-state index contributed by atoms with van der Waals surface area (Å²) < 4.78 is 1.25. The fourth-order valence-electron chi connectivity index (χ4n) is 1.23. The van der Waals surface area contributed by atoms with Crippen molar-refractivity contribution in [1.29, 1.82) is 5.26 Å². The van der Waals surface area contributed by atoms with Crippen LogP contribution < -0.4 is 0 Å². The molecule has 0 unspecified atom stereocenters. The Morgan fingerprint density at radius 1 is 1.36 bits per heavy atom.